The monoisotopic (exact) mass is 270 g/mol. The van der Waals surface area contributed by atoms with Crippen molar-refractivity contribution in [3.05, 3.63) is 52.9 Å². The van der Waals surface area contributed by atoms with Crippen LogP contribution in [0.2, 0.25) is 0 Å². The minimum absolute atomic E-state index is 0.182. The second-order valence-corrected chi connectivity index (χ2v) is 4.15. The van der Waals surface area contributed by atoms with Crippen LogP contribution < -0.4 is 5.32 Å². The average molecular weight is 270 g/mol. The van der Waals surface area contributed by atoms with Gasteiger partial charge in [0.1, 0.15) is 6.61 Å². The first kappa shape index (κ1) is 13.8. The topological polar surface area (TPSA) is 75.4 Å². The number of aliphatic hydroxyl groups excluding tert-OH is 1. The first-order valence-electron chi connectivity index (χ1n) is 6.09. The maximum Gasteiger partial charge on any atom is 0.251 e. The van der Waals surface area contributed by atoms with Gasteiger partial charge in [0.05, 0.1) is 12.2 Å². The molecule has 0 atom stereocenters. The Bertz CT molecular complexity index is 648. The van der Waals surface area contributed by atoms with E-state index >= 15 is 0 Å². The Morgan fingerprint density at radius 3 is 2.75 bits per heavy atom. The standard InChI is InChI=1S/C15H14N2O3/c1-11-9-14(20-17-11)10-16-15(19)13-6-4-12(5-7-13)3-2-8-18/h4-7,9,18H,8,10H2,1H3,(H,16,19). The molecule has 2 aromatic rings. The van der Waals surface area contributed by atoms with E-state index in [2.05, 4.69) is 22.3 Å². The van der Waals surface area contributed by atoms with Crippen molar-refractivity contribution in [1.29, 1.82) is 0 Å². The molecule has 0 fully saturated rings. The Hall–Kier alpha value is -2.58. The fraction of sp³-hybridized carbons (Fsp3) is 0.200. The van der Waals surface area contributed by atoms with Crippen LogP contribution in [0.1, 0.15) is 27.4 Å². The highest BCUT2D eigenvalue weighted by atomic mass is 16.5. The Morgan fingerprint density at radius 1 is 1.40 bits per heavy atom. The zero-order valence-corrected chi connectivity index (χ0v) is 11.0. The van der Waals surface area contributed by atoms with Crippen LogP contribution in [0.25, 0.3) is 0 Å². The molecule has 1 aromatic carbocycles. The Labute approximate surface area is 116 Å². The quantitative estimate of drug-likeness (QED) is 0.823. The van der Waals surface area contributed by atoms with Crippen molar-refractivity contribution in [3.8, 4) is 11.8 Å². The largest absolute Gasteiger partial charge is 0.384 e. The molecule has 1 heterocycles. The molecule has 0 bridgehead atoms. The van der Waals surface area contributed by atoms with E-state index in [0.29, 0.717) is 17.9 Å². The molecule has 5 heteroatoms. The van der Waals surface area contributed by atoms with E-state index < -0.39 is 0 Å². The molecule has 2 N–H and O–H groups in total. The number of nitrogens with zero attached hydrogens (tertiary/aromatic N) is 1. The minimum Gasteiger partial charge on any atom is -0.384 e. The van der Waals surface area contributed by atoms with Gasteiger partial charge in [-0.1, -0.05) is 17.0 Å². The maximum atomic E-state index is 11.9. The normalized spacial score (nSPS) is 9.70. The van der Waals surface area contributed by atoms with E-state index in [1.54, 1.807) is 30.3 Å². The number of aryl methyl sites for hydroxylation is 1. The smallest absolute Gasteiger partial charge is 0.251 e. The summed E-state index contributed by atoms with van der Waals surface area (Å²) in [6.45, 7) is 1.94. The summed E-state index contributed by atoms with van der Waals surface area (Å²) >= 11 is 0. The van der Waals surface area contributed by atoms with Crippen molar-refractivity contribution in [2.75, 3.05) is 6.61 Å². The molecule has 2 rings (SSSR count). The summed E-state index contributed by atoms with van der Waals surface area (Å²) in [5.41, 5.74) is 2.07. The van der Waals surface area contributed by atoms with E-state index in [-0.39, 0.29) is 12.5 Å². The number of aliphatic hydroxyl groups is 1. The fourth-order valence-corrected chi connectivity index (χ4v) is 1.62. The van der Waals surface area contributed by atoms with Gasteiger partial charge in [-0.2, -0.15) is 0 Å². The fourth-order valence-electron chi connectivity index (χ4n) is 1.62. The lowest BCUT2D eigenvalue weighted by atomic mass is 10.1. The van der Waals surface area contributed by atoms with Gasteiger partial charge in [-0.15, -0.1) is 0 Å². The molecule has 1 aromatic heterocycles. The molecule has 0 aliphatic carbocycles. The molecule has 0 saturated carbocycles. The highest BCUT2D eigenvalue weighted by molar-refractivity contribution is 5.94. The number of carbonyl (C=O) groups is 1. The number of benzene rings is 1. The minimum atomic E-state index is -0.194. The molecule has 1 amide bonds. The maximum absolute atomic E-state index is 11.9. The molecule has 102 valence electrons. The third kappa shape index (κ3) is 3.70. The lowest BCUT2D eigenvalue weighted by molar-refractivity contribution is 0.0947. The zero-order chi connectivity index (χ0) is 14.4. The molecule has 0 saturated heterocycles. The second kappa shape index (κ2) is 6.55. The number of carbonyl (C=O) groups excluding carboxylic acids is 1. The van der Waals surface area contributed by atoms with Crippen molar-refractivity contribution < 1.29 is 14.4 Å². The van der Waals surface area contributed by atoms with E-state index in [0.717, 1.165) is 11.3 Å². The predicted molar refractivity (Wildman–Crippen MR) is 72.8 cm³/mol. The van der Waals surface area contributed by atoms with Crippen molar-refractivity contribution >= 4 is 5.91 Å². The van der Waals surface area contributed by atoms with E-state index in [1.165, 1.54) is 0 Å². The Morgan fingerprint density at radius 2 is 2.15 bits per heavy atom. The van der Waals surface area contributed by atoms with Crippen molar-refractivity contribution in [1.82, 2.24) is 10.5 Å². The number of hydrogen-bond donors (Lipinski definition) is 2. The van der Waals surface area contributed by atoms with Crippen LogP contribution in [0.15, 0.2) is 34.9 Å². The molecule has 0 aliphatic rings. The number of amides is 1. The van der Waals surface area contributed by atoms with Gasteiger partial charge >= 0.3 is 0 Å². The van der Waals surface area contributed by atoms with Crippen molar-refractivity contribution in [2.45, 2.75) is 13.5 Å². The molecule has 0 unspecified atom stereocenters. The first-order chi connectivity index (χ1) is 9.69. The lowest BCUT2D eigenvalue weighted by Gasteiger charge is -2.02. The molecular formula is C15H14N2O3. The number of aromatic nitrogens is 1. The third-order valence-electron chi connectivity index (χ3n) is 2.56. The van der Waals surface area contributed by atoms with Crippen LogP contribution >= 0.6 is 0 Å². The summed E-state index contributed by atoms with van der Waals surface area (Å²) < 4.78 is 5.01. The van der Waals surface area contributed by atoms with Crippen molar-refractivity contribution in [3.63, 3.8) is 0 Å². The van der Waals surface area contributed by atoms with Gasteiger partial charge in [0.15, 0.2) is 5.76 Å². The van der Waals surface area contributed by atoms with Gasteiger partial charge in [0.25, 0.3) is 5.91 Å². The number of nitrogens with one attached hydrogen (secondary N) is 1. The van der Waals surface area contributed by atoms with E-state index in [9.17, 15) is 4.79 Å². The molecular weight excluding hydrogens is 256 g/mol. The second-order valence-electron chi connectivity index (χ2n) is 4.15. The van der Waals surface area contributed by atoms with Gasteiger partial charge in [0.2, 0.25) is 0 Å². The van der Waals surface area contributed by atoms with Gasteiger partial charge in [-0.05, 0) is 31.2 Å². The number of rotatable bonds is 3. The number of hydrogen-bond acceptors (Lipinski definition) is 4. The van der Waals surface area contributed by atoms with Crippen LogP contribution in [-0.2, 0) is 6.54 Å². The SMILES string of the molecule is Cc1cc(CNC(=O)c2ccc(C#CCO)cc2)on1. The Balaban J connectivity index is 1.95. The highest BCUT2D eigenvalue weighted by Gasteiger charge is 2.07. The van der Waals surface area contributed by atoms with Gasteiger partial charge in [-0.3, -0.25) is 4.79 Å². The summed E-state index contributed by atoms with van der Waals surface area (Å²) in [7, 11) is 0. The van der Waals surface area contributed by atoms with Crippen LogP contribution in [0.5, 0.6) is 0 Å². The van der Waals surface area contributed by atoms with Crippen LogP contribution in [0.4, 0.5) is 0 Å². The highest BCUT2D eigenvalue weighted by Crippen LogP contribution is 2.05. The van der Waals surface area contributed by atoms with Gasteiger partial charge < -0.3 is 14.9 Å². The molecule has 0 radical (unpaired) electrons. The van der Waals surface area contributed by atoms with Gasteiger partial charge in [-0.25, -0.2) is 0 Å². The first-order valence-corrected chi connectivity index (χ1v) is 6.09. The summed E-state index contributed by atoms with van der Waals surface area (Å²) in [5.74, 6) is 5.73. The van der Waals surface area contributed by atoms with E-state index in [1.807, 2.05) is 6.92 Å². The van der Waals surface area contributed by atoms with Crippen molar-refractivity contribution in [2.24, 2.45) is 0 Å². The van der Waals surface area contributed by atoms with Gasteiger partial charge in [0, 0.05) is 17.2 Å². The zero-order valence-electron chi connectivity index (χ0n) is 11.0. The Kier molecular flexibility index (Phi) is 4.53. The molecule has 0 spiro atoms. The predicted octanol–water partition coefficient (Wildman–Crippen LogP) is 1.26. The lowest BCUT2D eigenvalue weighted by Crippen LogP contribution is -2.22. The van der Waals surface area contributed by atoms with Crippen LogP contribution in [-0.4, -0.2) is 22.8 Å². The summed E-state index contributed by atoms with van der Waals surface area (Å²) in [5, 5.41) is 15.1. The summed E-state index contributed by atoms with van der Waals surface area (Å²) in [6, 6.07) is 8.60. The van der Waals surface area contributed by atoms with E-state index in [4.69, 9.17) is 9.63 Å². The average Bonchev–Trinajstić information content (AvgIpc) is 2.89. The van der Waals surface area contributed by atoms with Crippen LogP contribution in [0.3, 0.4) is 0 Å². The third-order valence-corrected chi connectivity index (χ3v) is 2.56. The molecule has 5 nitrogen and oxygen atoms in total. The molecule has 0 aliphatic heterocycles. The van der Waals surface area contributed by atoms with Crippen LogP contribution in [0, 0.1) is 18.8 Å². The molecule has 20 heavy (non-hydrogen) atoms. The summed E-state index contributed by atoms with van der Waals surface area (Å²) in [4.78, 5) is 11.9. The summed E-state index contributed by atoms with van der Waals surface area (Å²) in [6.07, 6.45) is 0.